The average molecular weight is 576 g/mol. The topological polar surface area (TPSA) is 87.2 Å². The summed E-state index contributed by atoms with van der Waals surface area (Å²) in [6, 6.07) is 23.3. The van der Waals surface area contributed by atoms with Crippen molar-refractivity contribution in [3.63, 3.8) is 0 Å². The SMILES string of the molecule is CCC1CCCCN1C(=O)c1ccc(Nc2nccc(-c3cccc(NC(=O)c4ccc(C(C)(C)C)cc4)c3C)n2)cc1. The summed E-state index contributed by atoms with van der Waals surface area (Å²) in [5, 5.41) is 6.33. The van der Waals surface area contributed by atoms with Crippen LogP contribution < -0.4 is 10.6 Å². The van der Waals surface area contributed by atoms with E-state index in [4.69, 9.17) is 4.98 Å². The Bertz CT molecular complexity index is 1590. The highest BCUT2D eigenvalue weighted by Crippen LogP contribution is 2.29. The molecule has 2 amide bonds. The molecule has 1 unspecified atom stereocenters. The fraction of sp³-hybridized carbons (Fsp3) is 0.333. The van der Waals surface area contributed by atoms with E-state index in [0.717, 1.165) is 54.0 Å². The van der Waals surface area contributed by atoms with Gasteiger partial charge in [-0.1, -0.05) is 52.0 Å². The third-order valence-corrected chi connectivity index (χ3v) is 8.27. The van der Waals surface area contributed by atoms with Gasteiger partial charge in [0.2, 0.25) is 5.95 Å². The van der Waals surface area contributed by atoms with Crippen LogP contribution in [0.4, 0.5) is 17.3 Å². The van der Waals surface area contributed by atoms with Gasteiger partial charge in [-0.25, -0.2) is 9.97 Å². The van der Waals surface area contributed by atoms with Crippen molar-refractivity contribution in [2.24, 2.45) is 0 Å². The van der Waals surface area contributed by atoms with E-state index in [2.05, 4.69) is 43.3 Å². The first-order chi connectivity index (χ1) is 20.6. The zero-order valence-corrected chi connectivity index (χ0v) is 25.8. The summed E-state index contributed by atoms with van der Waals surface area (Å²) in [5.74, 6) is 0.394. The maximum absolute atomic E-state index is 13.2. The molecule has 1 saturated heterocycles. The van der Waals surface area contributed by atoms with E-state index in [1.807, 2.05) is 84.6 Å². The molecule has 7 heteroatoms. The Balaban J connectivity index is 1.28. The van der Waals surface area contributed by atoms with Crippen molar-refractivity contribution in [2.75, 3.05) is 17.2 Å². The molecule has 1 aromatic heterocycles. The highest BCUT2D eigenvalue weighted by Gasteiger charge is 2.26. The van der Waals surface area contributed by atoms with Crippen molar-refractivity contribution >= 4 is 29.1 Å². The Morgan fingerprint density at radius 1 is 0.930 bits per heavy atom. The standard InChI is InChI=1S/C36H41N5O2/c1-6-29-10-7-8-23-41(29)34(43)26-15-19-28(20-16-26)38-35-37-22-21-32(40-35)30-11-9-12-31(24(30)2)39-33(42)25-13-17-27(18-14-25)36(3,4)5/h9,11-22,29H,6-8,10,23H2,1-5H3,(H,39,42)(H,37,38,40). The second-order valence-corrected chi connectivity index (χ2v) is 12.3. The number of carbonyl (C=O) groups is 2. The number of piperidine rings is 1. The second kappa shape index (κ2) is 12.8. The molecule has 0 aliphatic carbocycles. The van der Waals surface area contributed by atoms with Crippen LogP contribution >= 0.6 is 0 Å². The largest absolute Gasteiger partial charge is 0.336 e. The lowest BCUT2D eigenvalue weighted by molar-refractivity contribution is 0.0608. The van der Waals surface area contributed by atoms with E-state index >= 15 is 0 Å². The van der Waals surface area contributed by atoms with E-state index in [1.54, 1.807) is 6.20 Å². The summed E-state index contributed by atoms with van der Waals surface area (Å²) in [7, 11) is 0. The number of amides is 2. The second-order valence-electron chi connectivity index (χ2n) is 12.3. The Kier molecular flexibility index (Phi) is 8.90. The third-order valence-electron chi connectivity index (χ3n) is 8.27. The molecule has 0 spiro atoms. The summed E-state index contributed by atoms with van der Waals surface area (Å²) in [6.07, 6.45) is 6.03. The van der Waals surface area contributed by atoms with Gasteiger partial charge in [0.25, 0.3) is 11.8 Å². The number of hydrogen-bond donors (Lipinski definition) is 2. The molecule has 0 radical (unpaired) electrons. The van der Waals surface area contributed by atoms with Crippen LogP contribution in [-0.2, 0) is 5.41 Å². The monoisotopic (exact) mass is 575 g/mol. The molecule has 2 heterocycles. The van der Waals surface area contributed by atoms with Crippen LogP contribution in [0.1, 0.15) is 85.2 Å². The van der Waals surface area contributed by atoms with E-state index in [1.165, 1.54) is 12.0 Å². The molecule has 222 valence electrons. The fourth-order valence-corrected chi connectivity index (χ4v) is 5.62. The molecule has 5 rings (SSSR count). The molecule has 1 fully saturated rings. The van der Waals surface area contributed by atoms with Crippen LogP contribution in [0.5, 0.6) is 0 Å². The summed E-state index contributed by atoms with van der Waals surface area (Å²) in [4.78, 5) is 37.4. The van der Waals surface area contributed by atoms with Gasteiger partial charge in [-0.2, -0.15) is 0 Å². The van der Waals surface area contributed by atoms with Crippen LogP contribution in [0.15, 0.2) is 79.0 Å². The van der Waals surface area contributed by atoms with Crippen LogP contribution in [-0.4, -0.2) is 39.3 Å². The number of rotatable bonds is 7. The van der Waals surface area contributed by atoms with Gasteiger partial charge in [0.05, 0.1) is 5.69 Å². The number of nitrogens with one attached hydrogen (secondary N) is 2. The predicted molar refractivity (Wildman–Crippen MR) is 174 cm³/mol. The molecule has 3 aromatic carbocycles. The number of aromatic nitrogens is 2. The molecule has 1 aliphatic heterocycles. The number of hydrogen-bond acceptors (Lipinski definition) is 5. The normalized spacial score (nSPS) is 15.2. The third kappa shape index (κ3) is 6.94. The van der Waals surface area contributed by atoms with Gasteiger partial charge in [0, 0.05) is 46.8 Å². The van der Waals surface area contributed by atoms with Crippen molar-refractivity contribution in [1.82, 2.24) is 14.9 Å². The Labute approximate surface area is 254 Å². The van der Waals surface area contributed by atoms with Gasteiger partial charge in [-0.05, 0) is 97.7 Å². The van der Waals surface area contributed by atoms with Gasteiger partial charge < -0.3 is 15.5 Å². The summed E-state index contributed by atoms with van der Waals surface area (Å²) < 4.78 is 0. The molecule has 7 nitrogen and oxygen atoms in total. The van der Waals surface area contributed by atoms with Crippen LogP contribution in [0, 0.1) is 6.92 Å². The van der Waals surface area contributed by atoms with Crippen molar-refractivity contribution in [3.05, 3.63) is 101 Å². The Morgan fingerprint density at radius 2 is 1.65 bits per heavy atom. The lowest BCUT2D eigenvalue weighted by Crippen LogP contribution is -2.43. The van der Waals surface area contributed by atoms with E-state index in [9.17, 15) is 9.59 Å². The zero-order chi connectivity index (χ0) is 30.6. The Hall–Kier alpha value is -4.52. The van der Waals surface area contributed by atoms with E-state index in [-0.39, 0.29) is 17.2 Å². The minimum Gasteiger partial charge on any atom is -0.336 e. The zero-order valence-electron chi connectivity index (χ0n) is 25.8. The van der Waals surface area contributed by atoms with Gasteiger partial charge in [0.1, 0.15) is 0 Å². The first-order valence-electron chi connectivity index (χ1n) is 15.2. The molecule has 4 aromatic rings. The first kappa shape index (κ1) is 30.0. The molecule has 43 heavy (non-hydrogen) atoms. The van der Waals surface area contributed by atoms with Crippen molar-refractivity contribution in [3.8, 4) is 11.3 Å². The van der Waals surface area contributed by atoms with Crippen LogP contribution in [0.25, 0.3) is 11.3 Å². The minimum absolute atomic E-state index is 0.0267. The number of nitrogens with zero attached hydrogens (tertiary/aromatic N) is 3. The van der Waals surface area contributed by atoms with Crippen LogP contribution in [0.3, 0.4) is 0 Å². The maximum atomic E-state index is 13.2. The lowest BCUT2D eigenvalue weighted by atomic mass is 9.86. The molecular formula is C36H41N5O2. The predicted octanol–water partition coefficient (Wildman–Crippen LogP) is 8.15. The van der Waals surface area contributed by atoms with E-state index in [0.29, 0.717) is 23.1 Å². The summed E-state index contributed by atoms with van der Waals surface area (Å²) in [5.41, 5.74) is 6.60. The van der Waals surface area contributed by atoms with Crippen molar-refractivity contribution in [2.45, 2.75) is 71.8 Å². The Morgan fingerprint density at radius 3 is 2.35 bits per heavy atom. The molecule has 0 bridgehead atoms. The van der Waals surface area contributed by atoms with Gasteiger partial charge in [0.15, 0.2) is 0 Å². The number of carbonyl (C=O) groups excluding carboxylic acids is 2. The summed E-state index contributed by atoms with van der Waals surface area (Å²) in [6.45, 7) is 11.4. The quantitative estimate of drug-likeness (QED) is 0.232. The van der Waals surface area contributed by atoms with Crippen LogP contribution in [0.2, 0.25) is 0 Å². The average Bonchev–Trinajstić information content (AvgIpc) is 3.02. The number of likely N-dealkylation sites (tertiary alicyclic amines) is 1. The highest BCUT2D eigenvalue weighted by molar-refractivity contribution is 6.05. The smallest absolute Gasteiger partial charge is 0.255 e. The molecule has 0 saturated carbocycles. The van der Waals surface area contributed by atoms with Gasteiger partial charge in [-0.15, -0.1) is 0 Å². The number of benzene rings is 3. The van der Waals surface area contributed by atoms with Gasteiger partial charge >= 0.3 is 0 Å². The molecule has 2 N–H and O–H groups in total. The minimum atomic E-state index is -0.154. The molecule has 1 aliphatic rings. The lowest BCUT2D eigenvalue weighted by Gasteiger charge is -2.35. The first-order valence-corrected chi connectivity index (χ1v) is 15.2. The molecule has 1 atom stereocenters. The van der Waals surface area contributed by atoms with E-state index < -0.39 is 0 Å². The maximum Gasteiger partial charge on any atom is 0.255 e. The van der Waals surface area contributed by atoms with Crippen molar-refractivity contribution < 1.29 is 9.59 Å². The fourth-order valence-electron chi connectivity index (χ4n) is 5.62. The number of anilines is 3. The highest BCUT2D eigenvalue weighted by atomic mass is 16.2. The van der Waals surface area contributed by atoms with Crippen molar-refractivity contribution in [1.29, 1.82) is 0 Å². The van der Waals surface area contributed by atoms with Gasteiger partial charge in [-0.3, -0.25) is 9.59 Å². The molecular weight excluding hydrogens is 534 g/mol. The summed E-state index contributed by atoms with van der Waals surface area (Å²) >= 11 is 0.